The minimum absolute atomic E-state index is 0.0886. The summed E-state index contributed by atoms with van der Waals surface area (Å²) in [5.41, 5.74) is 6.57. The molecule has 1 aromatic carbocycles. The van der Waals surface area contributed by atoms with Crippen molar-refractivity contribution in [1.82, 2.24) is 10.3 Å². The van der Waals surface area contributed by atoms with Crippen LogP contribution in [0.15, 0.2) is 24.3 Å². The van der Waals surface area contributed by atoms with E-state index in [0.717, 1.165) is 0 Å². The van der Waals surface area contributed by atoms with Gasteiger partial charge in [-0.05, 0) is 25.0 Å². The maximum atomic E-state index is 12.7. The van der Waals surface area contributed by atoms with E-state index >= 15 is 0 Å². The van der Waals surface area contributed by atoms with Gasteiger partial charge in [-0.3, -0.25) is 19.2 Å². The highest BCUT2D eigenvalue weighted by Crippen LogP contribution is 2.24. The van der Waals surface area contributed by atoms with Gasteiger partial charge in [0.1, 0.15) is 23.9 Å². The molecule has 154 valence electrons. The van der Waals surface area contributed by atoms with Crippen LogP contribution < -0.4 is 11.1 Å². The lowest BCUT2D eigenvalue weighted by Crippen LogP contribution is -2.50. The standard InChI is InChI=1S/C19H21N3O7/c1-9(17(26)12(8-23)15(20)19(28)29)21-18(27)16-11(6-7-14(24)25)10-4-2-3-5-13(10)22-16/h2-5,8-9,12,15,22H,6-7,20H2,1H3,(H,21,27)(H,24,25)(H,28,29)/t9-,12+,15?/m0/s1. The summed E-state index contributed by atoms with van der Waals surface area (Å²) in [6.07, 6.45) is 0.0353. The molecular formula is C19H21N3O7. The van der Waals surface area contributed by atoms with Gasteiger partial charge in [0, 0.05) is 17.3 Å². The van der Waals surface area contributed by atoms with Crippen molar-refractivity contribution in [3.8, 4) is 0 Å². The Kier molecular flexibility index (Phi) is 6.84. The third-order valence-electron chi connectivity index (χ3n) is 4.55. The van der Waals surface area contributed by atoms with E-state index < -0.39 is 41.6 Å². The summed E-state index contributed by atoms with van der Waals surface area (Å²) < 4.78 is 0. The number of hydrogen-bond acceptors (Lipinski definition) is 6. The molecule has 6 N–H and O–H groups in total. The van der Waals surface area contributed by atoms with E-state index in [1.54, 1.807) is 24.3 Å². The first kappa shape index (κ1) is 21.8. The number of H-pyrrole nitrogens is 1. The van der Waals surface area contributed by atoms with Crippen LogP contribution in [0.2, 0.25) is 0 Å². The average molecular weight is 403 g/mol. The van der Waals surface area contributed by atoms with Gasteiger partial charge in [0.25, 0.3) is 5.91 Å². The third kappa shape index (κ3) is 4.85. The van der Waals surface area contributed by atoms with Crippen LogP contribution in [0.25, 0.3) is 10.9 Å². The van der Waals surface area contributed by atoms with Crippen molar-refractivity contribution < 1.29 is 34.2 Å². The lowest BCUT2D eigenvalue weighted by molar-refractivity contribution is -0.144. The SMILES string of the molecule is C[C@H](NC(=O)c1[nH]c2ccccc2c1CCC(=O)O)C(=O)[C@H](C=O)C(N)C(=O)O. The van der Waals surface area contributed by atoms with Crippen LogP contribution in [0.5, 0.6) is 0 Å². The highest BCUT2D eigenvalue weighted by atomic mass is 16.4. The summed E-state index contributed by atoms with van der Waals surface area (Å²) in [4.78, 5) is 61.1. The normalized spacial score (nSPS) is 14.0. The number of Topliss-reactive ketones (excluding diaryl/α,β-unsaturated/α-hetero) is 1. The Labute approximate surface area is 165 Å². The van der Waals surface area contributed by atoms with Gasteiger partial charge in [-0.15, -0.1) is 0 Å². The fourth-order valence-corrected chi connectivity index (χ4v) is 3.00. The van der Waals surface area contributed by atoms with E-state index in [0.29, 0.717) is 16.5 Å². The van der Waals surface area contributed by atoms with E-state index in [-0.39, 0.29) is 24.8 Å². The number of rotatable bonds is 10. The van der Waals surface area contributed by atoms with Crippen molar-refractivity contribution in [3.63, 3.8) is 0 Å². The lowest BCUT2D eigenvalue weighted by Gasteiger charge is -2.19. The molecule has 0 spiro atoms. The fourth-order valence-electron chi connectivity index (χ4n) is 3.00. The number of ketones is 1. The third-order valence-corrected chi connectivity index (χ3v) is 4.55. The quantitative estimate of drug-likeness (QED) is 0.273. The number of hydrogen-bond donors (Lipinski definition) is 5. The molecule has 0 fully saturated rings. The Bertz CT molecular complexity index is 966. The summed E-state index contributed by atoms with van der Waals surface area (Å²) in [7, 11) is 0. The second kappa shape index (κ2) is 9.11. The molecule has 2 aromatic rings. The van der Waals surface area contributed by atoms with Gasteiger partial charge in [0.05, 0.1) is 6.04 Å². The van der Waals surface area contributed by atoms with Crippen LogP contribution >= 0.6 is 0 Å². The number of carboxylic acid groups (broad SMARTS) is 2. The first-order valence-corrected chi connectivity index (χ1v) is 8.77. The van der Waals surface area contributed by atoms with E-state index in [1.165, 1.54) is 6.92 Å². The van der Waals surface area contributed by atoms with Gasteiger partial charge in [-0.1, -0.05) is 18.2 Å². The molecule has 10 heteroatoms. The number of nitrogens with two attached hydrogens (primary N) is 1. The van der Waals surface area contributed by atoms with E-state index in [2.05, 4.69) is 10.3 Å². The molecule has 0 aliphatic heterocycles. The number of carbonyl (C=O) groups is 5. The van der Waals surface area contributed by atoms with Crippen molar-refractivity contribution in [2.24, 2.45) is 11.7 Å². The minimum Gasteiger partial charge on any atom is -0.481 e. The maximum Gasteiger partial charge on any atom is 0.321 e. The Morgan fingerprint density at radius 3 is 2.45 bits per heavy atom. The molecular weight excluding hydrogens is 382 g/mol. The van der Waals surface area contributed by atoms with E-state index in [9.17, 15) is 24.0 Å². The highest BCUT2D eigenvalue weighted by Gasteiger charge is 2.34. The number of para-hydroxylation sites is 1. The second-order valence-corrected chi connectivity index (χ2v) is 6.54. The first-order valence-electron chi connectivity index (χ1n) is 8.77. The summed E-state index contributed by atoms with van der Waals surface area (Å²) >= 11 is 0. The zero-order valence-electron chi connectivity index (χ0n) is 15.5. The molecule has 2 rings (SSSR count). The van der Waals surface area contributed by atoms with Crippen LogP contribution in [0.3, 0.4) is 0 Å². The van der Waals surface area contributed by atoms with Gasteiger partial charge in [-0.25, -0.2) is 0 Å². The largest absolute Gasteiger partial charge is 0.481 e. The number of aromatic nitrogens is 1. The number of aromatic amines is 1. The van der Waals surface area contributed by atoms with Crippen molar-refractivity contribution in [2.45, 2.75) is 31.8 Å². The van der Waals surface area contributed by atoms with Crippen molar-refractivity contribution >= 4 is 40.8 Å². The van der Waals surface area contributed by atoms with Crippen LogP contribution in [-0.4, -0.2) is 57.2 Å². The molecule has 10 nitrogen and oxygen atoms in total. The Hall–Kier alpha value is -3.53. The average Bonchev–Trinajstić information content (AvgIpc) is 3.05. The molecule has 1 heterocycles. The van der Waals surface area contributed by atoms with Crippen molar-refractivity contribution in [2.75, 3.05) is 0 Å². The number of benzene rings is 1. The van der Waals surface area contributed by atoms with Gasteiger partial charge in [0.15, 0.2) is 5.78 Å². The zero-order valence-corrected chi connectivity index (χ0v) is 15.5. The van der Waals surface area contributed by atoms with Crippen molar-refractivity contribution in [1.29, 1.82) is 0 Å². The summed E-state index contributed by atoms with van der Waals surface area (Å²) in [5.74, 6) is -5.68. The van der Waals surface area contributed by atoms with Crippen LogP contribution in [0, 0.1) is 5.92 Å². The number of aliphatic carboxylic acids is 2. The molecule has 1 aromatic heterocycles. The summed E-state index contributed by atoms with van der Waals surface area (Å²) in [6.45, 7) is 1.31. The van der Waals surface area contributed by atoms with Crippen molar-refractivity contribution in [3.05, 3.63) is 35.5 Å². The van der Waals surface area contributed by atoms with Gasteiger partial charge in [0.2, 0.25) is 0 Å². The molecule has 29 heavy (non-hydrogen) atoms. The molecule has 0 saturated carbocycles. The monoisotopic (exact) mass is 403 g/mol. The lowest BCUT2D eigenvalue weighted by atomic mass is 9.93. The predicted octanol–water partition coefficient (Wildman–Crippen LogP) is 0.0995. The fraction of sp³-hybridized carbons (Fsp3) is 0.316. The highest BCUT2D eigenvalue weighted by molar-refractivity contribution is 6.06. The molecule has 0 bridgehead atoms. The molecule has 3 atom stereocenters. The van der Waals surface area contributed by atoms with Crippen LogP contribution in [0.1, 0.15) is 29.4 Å². The molecule has 0 radical (unpaired) electrons. The summed E-state index contributed by atoms with van der Waals surface area (Å²) in [5, 5.41) is 21.0. The number of carboxylic acids is 2. The molecule has 1 unspecified atom stereocenters. The topological polar surface area (TPSA) is 180 Å². The van der Waals surface area contributed by atoms with Gasteiger partial charge >= 0.3 is 11.9 Å². The number of carbonyl (C=O) groups excluding carboxylic acids is 3. The Morgan fingerprint density at radius 1 is 1.21 bits per heavy atom. The summed E-state index contributed by atoms with van der Waals surface area (Å²) in [6, 6.07) is 4.04. The van der Waals surface area contributed by atoms with Crippen LogP contribution in [-0.2, 0) is 25.6 Å². The van der Waals surface area contributed by atoms with E-state index in [4.69, 9.17) is 15.9 Å². The smallest absolute Gasteiger partial charge is 0.321 e. The van der Waals surface area contributed by atoms with Crippen LogP contribution in [0.4, 0.5) is 0 Å². The zero-order chi connectivity index (χ0) is 21.7. The number of nitrogens with one attached hydrogen (secondary N) is 2. The van der Waals surface area contributed by atoms with Gasteiger partial charge in [-0.2, -0.15) is 0 Å². The minimum atomic E-state index is -1.72. The Balaban J connectivity index is 2.27. The number of aryl methyl sites for hydroxylation is 1. The Morgan fingerprint density at radius 2 is 1.86 bits per heavy atom. The molecule has 0 saturated heterocycles. The number of amides is 1. The van der Waals surface area contributed by atoms with E-state index in [1.807, 2.05) is 0 Å². The number of aldehydes is 1. The first-order chi connectivity index (χ1) is 13.7. The number of fused-ring (bicyclic) bond motifs is 1. The second-order valence-electron chi connectivity index (χ2n) is 6.54. The molecule has 0 aliphatic rings. The maximum absolute atomic E-state index is 12.7. The molecule has 1 amide bonds. The predicted molar refractivity (Wildman–Crippen MR) is 101 cm³/mol. The van der Waals surface area contributed by atoms with Gasteiger partial charge < -0.3 is 31.0 Å². The molecule has 0 aliphatic carbocycles.